The molecule has 8 heteroatoms. The van der Waals surface area contributed by atoms with Crippen LogP contribution in [0.5, 0.6) is 0 Å². The van der Waals surface area contributed by atoms with Crippen molar-refractivity contribution in [2.75, 3.05) is 30.0 Å². The molecule has 0 spiro atoms. The predicted octanol–water partition coefficient (Wildman–Crippen LogP) is 5.43. The summed E-state index contributed by atoms with van der Waals surface area (Å²) in [6, 6.07) is 9.05. The van der Waals surface area contributed by atoms with Gasteiger partial charge < -0.3 is 21.1 Å². The van der Waals surface area contributed by atoms with Crippen LogP contribution in [0.25, 0.3) is 0 Å². The molecule has 2 heterocycles. The molecule has 5 aliphatic rings. The normalized spacial score (nSPS) is 33.1. The van der Waals surface area contributed by atoms with E-state index in [0.717, 1.165) is 84.5 Å². The molecule has 2 aromatic heterocycles. The summed E-state index contributed by atoms with van der Waals surface area (Å²) >= 11 is 1.64. The van der Waals surface area contributed by atoms with Crippen LogP contribution in [0, 0.1) is 40.4 Å². The van der Waals surface area contributed by atoms with Gasteiger partial charge in [-0.3, -0.25) is 0 Å². The van der Waals surface area contributed by atoms with Crippen LogP contribution in [-0.4, -0.2) is 46.6 Å². The van der Waals surface area contributed by atoms with E-state index in [9.17, 15) is 10.4 Å². The smallest absolute Gasteiger partial charge is 0.128 e. The van der Waals surface area contributed by atoms with E-state index in [4.69, 9.17) is 0 Å². The molecule has 208 valence electrons. The monoisotopic (exact) mass is 546 g/mol. The average Bonchev–Trinajstić information content (AvgIpc) is 2.95. The third-order valence-corrected chi connectivity index (χ3v) is 10.8. The molecule has 5 saturated carbocycles. The maximum absolute atomic E-state index is 9.86. The van der Waals surface area contributed by atoms with Gasteiger partial charge >= 0.3 is 0 Å². The van der Waals surface area contributed by atoms with Crippen LogP contribution < -0.4 is 16.0 Å². The average molecular weight is 547 g/mol. The van der Waals surface area contributed by atoms with E-state index >= 15 is 0 Å². The van der Waals surface area contributed by atoms with Gasteiger partial charge in [0.1, 0.15) is 16.9 Å². The molecule has 5 fully saturated rings. The molecule has 0 saturated heterocycles. The van der Waals surface area contributed by atoms with Crippen LogP contribution in [0.4, 0.5) is 11.5 Å². The molecular formula is C31H42N6OS. The fourth-order valence-corrected chi connectivity index (χ4v) is 8.96. The van der Waals surface area contributed by atoms with Crippen molar-refractivity contribution in [1.29, 1.82) is 5.26 Å². The predicted molar refractivity (Wildman–Crippen MR) is 157 cm³/mol. The third-order valence-electron chi connectivity index (χ3n) is 10.0. The van der Waals surface area contributed by atoms with Crippen molar-refractivity contribution in [3.63, 3.8) is 0 Å². The first-order chi connectivity index (χ1) is 19.0. The van der Waals surface area contributed by atoms with Gasteiger partial charge in [0.05, 0.1) is 17.4 Å². The minimum absolute atomic E-state index is 0.0715. The van der Waals surface area contributed by atoms with Crippen molar-refractivity contribution in [2.24, 2.45) is 29.1 Å². The van der Waals surface area contributed by atoms with E-state index in [1.807, 2.05) is 24.6 Å². The maximum atomic E-state index is 9.86. The number of aromatic nitrogens is 2. The Labute approximate surface area is 237 Å². The summed E-state index contributed by atoms with van der Waals surface area (Å²) in [6.07, 6.45) is 16.4. The number of hydrogen-bond acceptors (Lipinski definition) is 8. The summed E-state index contributed by atoms with van der Waals surface area (Å²) in [5.41, 5.74) is 2.96. The van der Waals surface area contributed by atoms with Gasteiger partial charge in [-0.1, -0.05) is 6.07 Å². The Balaban J connectivity index is 1.08. The van der Waals surface area contributed by atoms with Crippen LogP contribution in [-0.2, 0) is 6.54 Å². The zero-order chi connectivity index (χ0) is 26.8. The van der Waals surface area contributed by atoms with Crippen molar-refractivity contribution in [2.45, 2.75) is 81.5 Å². The Morgan fingerprint density at radius 2 is 1.90 bits per heavy atom. The Hall–Kier alpha value is -2.34. The molecule has 0 amide bonds. The van der Waals surface area contributed by atoms with Crippen molar-refractivity contribution in [3.05, 3.63) is 41.7 Å². The second-order valence-corrected chi connectivity index (χ2v) is 13.5. The molecule has 5 aliphatic carbocycles. The highest BCUT2D eigenvalue weighted by atomic mass is 32.2. The first kappa shape index (κ1) is 26.9. The number of hydrogen-bond donors (Lipinski definition) is 4. The lowest BCUT2D eigenvalue weighted by Crippen LogP contribution is -2.60. The number of thioether (sulfide) groups is 1. The van der Waals surface area contributed by atoms with Crippen LogP contribution >= 0.6 is 11.8 Å². The summed E-state index contributed by atoms with van der Waals surface area (Å²) < 4.78 is 0. The number of anilines is 2. The zero-order valence-electron chi connectivity index (χ0n) is 23.0. The van der Waals surface area contributed by atoms with E-state index in [0.29, 0.717) is 23.6 Å². The van der Waals surface area contributed by atoms with Crippen molar-refractivity contribution < 1.29 is 5.11 Å². The lowest BCUT2D eigenvalue weighted by molar-refractivity contribution is -0.0704. The van der Waals surface area contributed by atoms with Gasteiger partial charge in [0.2, 0.25) is 0 Å². The number of nitrogens with zero attached hydrogens (tertiary/aromatic N) is 3. The highest BCUT2D eigenvalue weighted by Crippen LogP contribution is 2.60. The SMILES string of the molecule is CSc1ncccc1CNc1cc(NCC23CC4C[C@H](C2)C(NCC2CCC(O)CC2)[C@@H](C4)C3)c(C#N)cn1. The summed E-state index contributed by atoms with van der Waals surface area (Å²) in [4.78, 5) is 8.96. The Morgan fingerprint density at radius 3 is 2.64 bits per heavy atom. The number of aliphatic hydroxyl groups excluding tert-OH is 1. The van der Waals surface area contributed by atoms with E-state index < -0.39 is 0 Å². The highest BCUT2D eigenvalue weighted by Gasteiger charge is 2.55. The van der Waals surface area contributed by atoms with Crippen molar-refractivity contribution in [1.82, 2.24) is 15.3 Å². The second-order valence-electron chi connectivity index (χ2n) is 12.7. The Kier molecular flexibility index (Phi) is 8.02. The number of aliphatic hydroxyl groups is 1. The van der Waals surface area contributed by atoms with Gasteiger partial charge in [-0.25, -0.2) is 9.97 Å². The molecule has 7 rings (SSSR count). The molecule has 0 radical (unpaired) electrons. The van der Waals surface area contributed by atoms with E-state index in [1.165, 1.54) is 32.1 Å². The van der Waals surface area contributed by atoms with Crippen LogP contribution in [0.15, 0.2) is 35.6 Å². The number of pyridine rings is 2. The number of rotatable bonds is 10. The number of nitriles is 1. The minimum atomic E-state index is -0.0715. The standard InChI is InChI=1S/C31H42N6OS/c1-39-30-22(3-2-8-33-30)17-34-28-11-27(25(15-32)18-35-28)37-19-31-12-21-9-23(13-31)29(24(10-21)14-31)36-16-20-4-6-26(38)7-5-20/h2-3,8,11,18,20-21,23-24,26,29,36,38H,4-7,9-10,12-14,16-17,19H2,1H3,(H2,34,35,37)/t20?,21?,23-,24+,26?,29?,31?. The van der Waals surface area contributed by atoms with E-state index in [1.54, 1.807) is 18.0 Å². The minimum Gasteiger partial charge on any atom is -0.393 e. The molecular weight excluding hydrogens is 504 g/mol. The summed E-state index contributed by atoms with van der Waals surface area (Å²) in [7, 11) is 0. The largest absolute Gasteiger partial charge is 0.393 e. The molecule has 2 aromatic rings. The van der Waals surface area contributed by atoms with Crippen LogP contribution in [0.2, 0.25) is 0 Å². The lowest BCUT2D eigenvalue weighted by Gasteiger charge is -2.60. The Morgan fingerprint density at radius 1 is 1.10 bits per heavy atom. The maximum Gasteiger partial charge on any atom is 0.128 e. The Bertz CT molecular complexity index is 1180. The fraction of sp³-hybridized carbons (Fsp3) is 0.645. The third kappa shape index (κ3) is 5.91. The van der Waals surface area contributed by atoms with Gasteiger partial charge in [0, 0.05) is 43.2 Å². The highest BCUT2D eigenvalue weighted by molar-refractivity contribution is 7.98. The summed E-state index contributed by atoms with van der Waals surface area (Å²) in [5, 5.41) is 31.8. The first-order valence-electron chi connectivity index (χ1n) is 14.8. The molecule has 4 bridgehead atoms. The van der Waals surface area contributed by atoms with Crippen molar-refractivity contribution >= 4 is 23.3 Å². The molecule has 0 aromatic carbocycles. The molecule has 0 aliphatic heterocycles. The van der Waals surface area contributed by atoms with Gasteiger partial charge in [-0.2, -0.15) is 5.26 Å². The second kappa shape index (κ2) is 11.6. The molecule has 39 heavy (non-hydrogen) atoms. The van der Waals surface area contributed by atoms with Gasteiger partial charge in [0.15, 0.2) is 0 Å². The summed E-state index contributed by atoms with van der Waals surface area (Å²) in [5.74, 6) is 3.88. The lowest BCUT2D eigenvalue weighted by atomic mass is 9.48. The first-order valence-corrected chi connectivity index (χ1v) is 16.0. The molecule has 3 unspecified atom stereocenters. The van der Waals surface area contributed by atoms with Crippen LogP contribution in [0.1, 0.15) is 68.9 Å². The quantitative estimate of drug-likeness (QED) is 0.292. The van der Waals surface area contributed by atoms with Crippen molar-refractivity contribution in [3.8, 4) is 6.07 Å². The van der Waals surface area contributed by atoms with Gasteiger partial charge in [-0.05, 0) is 106 Å². The van der Waals surface area contributed by atoms with Crippen LogP contribution in [0.3, 0.4) is 0 Å². The fourth-order valence-electron chi connectivity index (χ4n) is 8.39. The van der Waals surface area contributed by atoms with E-state index in [2.05, 4.69) is 38.1 Å². The zero-order valence-corrected chi connectivity index (χ0v) is 23.8. The number of nitrogens with one attached hydrogen (secondary N) is 3. The molecule has 7 nitrogen and oxygen atoms in total. The topological polar surface area (TPSA) is 106 Å². The summed E-state index contributed by atoms with van der Waals surface area (Å²) in [6.45, 7) is 2.70. The molecule has 4 N–H and O–H groups in total. The van der Waals surface area contributed by atoms with E-state index in [-0.39, 0.29) is 6.10 Å². The molecule has 5 atom stereocenters. The van der Waals surface area contributed by atoms with Gasteiger partial charge in [0.25, 0.3) is 0 Å². The van der Waals surface area contributed by atoms with Gasteiger partial charge in [-0.15, -0.1) is 11.8 Å².